The van der Waals surface area contributed by atoms with Crippen LogP contribution in [0.1, 0.15) is 36.1 Å². The molecule has 0 saturated carbocycles. The number of aryl methyl sites for hydroxylation is 1. The SMILES string of the molecule is CCCNC(Cc1ccccc1C)c1cc(Cl)cc(Br)c1. The highest BCUT2D eigenvalue weighted by molar-refractivity contribution is 9.10. The molecule has 0 heterocycles. The predicted molar refractivity (Wildman–Crippen MR) is 95.1 cm³/mol. The van der Waals surface area contributed by atoms with Crippen LogP contribution in [0.2, 0.25) is 5.02 Å². The fraction of sp³-hybridized carbons (Fsp3) is 0.333. The molecule has 0 saturated heterocycles. The molecule has 3 heteroatoms. The second kappa shape index (κ2) is 7.98. The van der Waals surface area contributed by atoms with E-state index in [1.807, 2.05) is 6.07 Å². The maximum atomic E-state index is 6.20. The summed E-state index contributed by atoms with van der Waals surface area (Å²) in [5.74, 6) is 0. The van der Waals surface area contributed by atoms with Gasteiger partial charge in [-0.3, -0.25) is 0 Å². The van der Waals surface area contributed by atoms with Crippen LogP contribution >= 0.6 is 27.5 Å². The zero-order valence-corrected chi connectivity index (χ0v) is 14.8. The second-order valence-electron chi connectivity index (χ2n) is 5.34. The highest BCUT2D eigenvalue weighted by atomic mass is 79.9. The number of benzene rings is 2. The molecule has 2 rings (SSSR count). The lowest BCUT2D eigenvalue weighted by molar-refractivity contribution is 0.528. The summed E-state index contributed by atoms with van der Waals surface area (Å²) in [6, 6.07) is 15.0. The van der Waals surface area contributed by atoms with Crippen molar-refractivity contribution in [2.24, 2.45) is 0 Å². The number of rotatable bonds is 6. The third-order valence-electron chi connectivity index (χ3n) is 3.61. The summed E-state index contributed by atoms with van der Waals surface area (Å²) in [6.07, 6.45) is 2.09. The lowest BCUT2D eigenvalue weighted by Crippen LogP contribution is -2.24. The van der Waals surface area contributed by atoms with Gasteiger partial charge in [-0.25, -0.2) is 0 Å². The van der Waals surface area contributed by atoms with Crippen LogP contribution in [0.5, 0.6) is 0 Å². The van der Waals surface area contributed by atoms with Gasteiger partial charge in [0.05, 0.1) is 0 Å². The molecule has 0 amide bonds. The van der Waals surface area contributed by atoms with Gasteiger partial charge in [0, 0.05) is 15.5 Å². The summed E-state index contributed by atoms with van der Waals surface area (Å²) >= 11 is 9.74. The fourth-order valence-electron chi connectivity index (χ4n) is 2.46. The molecule has 1 unspecified atom stereocenters. The molecule has 1 nitrogen and oxygen atoms in total. The van der Waals surface area contributed by atoms with Crippen LogP contribution < -0.4 is 5.32 Å². The summed E-state index contributed by atoms with van der Waals surface area (Å²) < 4.78 is 1.03. The van der Waals surface area contributed by atoms with Crippen molar-refractivity contribution in [3.63, 3.8) is 0 Å². The van der Waals surface area contributed by atoms with Gasteiger partial charge in [-0.15, -0.1) is 0 Å². The molecule has 0 aliphatic rings. The number of hydrogen-bond donors (Lipinski definition) is 1. The summed E-state index contributed by atoms with van der Waals surface area (Å²) in [5, 5.41) is 4.41. The van der Waals surface area contributed by atoms with E-state index in [0.29, 0.717) is 0 Å². The molecule has 2 aromatic carbocycles. The summed E-state index contributed by atoms with van der Waals surface area (Å²) in [7, 11) is 0. The van der Waals surface area contributed by atoms with Gasteiger partial charge in [-0.1, -0.05) is 58.7 Å². The Morgan fingerprint density at radius 1 is 1.19 bits per heavy atom. The molecule has 0 radical (unpaired) electrons. The highest BCUT2D eigenvalue weighted by Crippen LogP contribution is 2.27. The van der Waals surface area contributed by atoms with Crippen molar-refractivity contribution in [3.05, 3.63) is 68.7 Å². The molecule has 0 aromatic heterocycles. The summed E-state index contributed by atoms with van der Waals surface area (Å²) in [6.45, 7) is 5.35. The average Bonchev–Trinajstić information content (AvgIpc) is 2.44. The quantitative estimate of drug-likeness (QED) is 0.692. The van der Waals surface area contributed by atoms with Crippen molar-refractivity contribution in [1.29, 1.82) is 0 Å². The first-order valence-corrected chi connectivity index (χ1v) is 8.51. The Labute approximate surface area is 140 Å². The largest absolute Gasteiger partial charge is 0.310 e. The summed E-state index contributed by atoms with van der Waals surface area (Å²) in [5.41, 5.74) is 3.94. The van der Waals surface area contributed by atoms with E-state index in [1.54, 1.807) is 0 Å². The van der Waals surface area contributed by atoms with Gasteiger partial charge in [-0.2, -0.15) is 0 Å². The minimum atomic E-state index is 0.279. The van der Waals surface area contributed by atoms with Gasteiger partial charge in [-0.05, 0) is 61.2 Å². The normalized spacial score (nSPS) is 12.4. The second-order valence-corrected chi connectivity index (χ2v) is 6.69. The van der Waals surface area contributed by atoms with Crippen LogP contribution in [0.15, 0.2) is 46.9 Å². The summed E-state index contributed by atoms with van der Waals surface area (Å²) in [4.78, 5) is 0. The van der Waals surface area contributed by atoms with Crippen LogP contribution in [-0.2, 0) is 6.42 Å². The van der Waals surface area contributed by atoms with E-state index < -0.39 is 0 Å². The zero-order chi connectivity index (χ0) is 15.2. The van der Waals surface area contributed by atoms with E-state index >= 15 is 0 Å². The molecule has 112 valence electrons. The average molecular weight is 367 g/mol. The lowest BCUT2D eigenvalue weighted by Gasteiger charge is -2.21. The Morgan fingerprint density at radius 2 is 1.95 bits per heavy atom. The van der Waals surface area contributed by atoms with Gasteiger partial charge in [0.15, 0.2) is 0 Å². The van der Waals surface area contributed by atoms with E-state index in [0.717, 1.165) is 28.9 Å². The smallest absolute Gasteiger partial charge is 0.0420 e. The topological polar surface area (TPSA) is 12.0 Å². The standard InChI is InChI=1S/C18H21BrClN/c1-3-8-21-18(11-14-7-5-4-6-13(14)2)15-9-16(19)12-17(20)10-15/h4-7,9-10,12,18,21H,3,8,11H2,1-2H3. The van der Waals surface area contributed by atoms with Gasteiger partial charge in [0.25, 0.3) is 0 Å². The van der Waals surface area contributed by atoms with Crippen molar-refractivity contribution in [2.75, 3.05) is 6.54 Å². The molecule has 2 aromatic rings. The Balaban J connectivity index is 2.27. The molecule has 0 aliphatic heterocycles. The molecular weight excluding hydrogens is 346 g/mol. The monoisotopic (exact) mass is 365 g/mol. The third-order valence-corrected chi connectivity index (χ3v) is 4.29. The van der Waals surface area contributed by atoms with Gasteiger partial charge in [0.2, 0.25) is 0 Å². The van der Waals surface area contributed by atoms with E-state index in [-0.39, 0.29) is 6.04 Å². The fourth-order valence-corrected chi connectivity index (χ4v) is 3.35. The van der Waals surface area contributed by atoms with E-state index in [4.69, 9.17) is 11.6 Å². The number of hydrogen-bond acceptors (Lipinski definition) is 1. The van der Waals surface area contributed by atoms with Crippen LogP contribution in [0.25, 0.3) is 0 Å². The van der Waals surface area contributed by atoms with Crippen molar-refractivity contribution in [2.45, 2.75) is 32.7 Å². The Kier molecular flexibility index (Phi) is 6.28. The van der Waals surface area contributed by atoms with Crippen LogP contribution in [0, 0.1) is 6.92 Å². The highest BCUT2D eigenvalue weighted by Gasteiger charge is 2.14. The maximum Gasteiger partial charge on any atom is 0.0420 e. The van der Waals surface area contributed by atoms with E-state index in [9.17, 15) is 0 Å². The van der Waals surface area contributed by atoms with Crippen molar-refractivity contribution in [3.8, 4) is 0 Å². The molecule has 21 heavy (non-hydrogen) atoms. The molecular formula is C18H21BrClN. The minimum absolute atomic E-state index is 0.279. The predicted octanol–water partition coefficient (Wildman–Crippen LogP) is 5.69. The van der Waals surface area contributed by atoms with Crippen molar-refractivity contribution >= 4 is 27.5 Å². The molecule has 1 N–H and O–H groups in total. The molecule has 0 aliphatic carbocycles. The molecule has 0 fully saturated rings. The van der Waals surface area contributed by atoms with Crippen molar-refractivity contribution < 1.29 is 0 Å². The van der Waals surface area contributed by atoms with Crippen LogP contribution in [0.3, 0.4) is 0 Å². The van der Waals surface area contributed by atoms with Gasteiger partial charge in [0.1, 0.15) is 0 Å². The Hall–Kier alpha value is -0.830. The van der Waals surface area contributed by atoms with Crippen LogP contribution in [0.4, 0.5) is 0 Å². The van der Waals surface area contributed by atoms with Gasteiger partial charge < -0.3 is 5.32 Å². The molecule has 0 spiro atoms. The van der Waals surface area contributed by atoms with Crippen LogP contribution in [-0.4, -0.2) is 6.54 Å². The van der Waals surface area contributed by atoms with Crippen molar-refractivity contribution in [1.82, 2.24) is 5.32 Å². The lowest BCUT2D eigenvalue weighted by atomic mass is 9.96. The Morgan fingerprint density at radius 3 is 2.62 bits per heavy atom. The first-order chi connectivity index (χ1) is 10.1. The first kappa shape index (κ1) is 16.5. The minimum Gasteiger partial charge on any atom is -0.310 e. The maximum absolute atomic E-state index is 6.20. The zero-order valence-electron chi connectivity index (χ0n) is 12.5. The first-order valence-electron chi connectivity index (χ1n) is 7.34. The molecule has 1 atom stereocenters. The van der Waals surface area contributed by atoms with E-state index in [2.05, 4.69) is 71.5 Å². The number of halogens is 2. The van der Waals surface area contributed by atoms with E-state index in [1.165, 1.54) is 16.7 Å². The third kappa shape index (κ3) is 4.84. The number of nitrogens with one attached hydrogen (secondary N) is 1. The molecule has 0 bridgehead atoms. The Bertz CT molecular complexity index is 577. The van der Waals surface area contributed by atoms with Gasteiger partial charge >= 0.3 is 0 Å².